The van der Waals surface area contributed by atoms with Crippen molar-refractivity contribution >= 4 is 46.7 Å². The van der Waals surface area contributed by atoms with Gasteiger partial charge in [0.2, 0.25) is 0 Å². The predicted molar refractivity (Wildman–Crippen MR) is 97.5 cm³/mol. The van der Waals surface area contributed by atoms with Crippen LogP contribution >= 0.6 is 11.6 Å². The molecule has 0 radical (unpaired) electrons. The van der Waals surface area contributed by atoms with Gasteiger partial charge in [-0.2, -0.15) is 0 Å². The number of carboxylic acids is 1. The molecule has 0 bridgehead atoms. The second-order valence-electron chi connectivity index (χ2n) is 5.64. The van der Waals surface area contributed by atoms with Gasteiger partial charge < -0.3 is 20.0 Å². The predicted octanol–water partition coefficient (Wildman–Crippen LogP) is 1.27. The van der Waals surface area contributed by atoms with E-state index in [-0.39, 0.29) is 28.2 Å². The molecule has 0 saturated carbocycles. The summed E-state index contributed by atoms with van der Waals surface area (Å²) in [4.78, 5) is 49.1. The maximum Gasteiger partial charge on any atom is 0.339 e. The summed E-state index contributed by atoms with van der Waals surface area (Å²) in [6, 6.07) is 11.4. The SMILES string of the molecule is COC(=O)c1ccccc1N1C(=O)C(Cl)=C(Nc2cccc(C(=O)[O-])c2)C1=O. The molecule has 0 fully saturated rings. The number of imide groups is 1. The van der Waals surface area contributed by atoms with Crippen LogP contribution in [0.25, 0.3) is 0 Å². The molecule has 2 amide bonds. The largest absolute Gasteiger partial charge is 0.545 e. The summed E-state index contributed by atoms with van der Waals surface area (Å²) < 4.78 is 4.68. The lowest BCUT2D eigenvalue weighted by Crippen LogP contribution is -2.33. The highest BCUT2D eigenvalue weighted by molar-refractivity contribution is 6.53. The third kappa shape index (κ3) is 3.33. The van der Waals surface area contributed by atoms with E-state index < -0.39 is 28.8 Å². The third-order valence-corrected chi connectivity index (χ3v) is 4.30. The zero-order valence-corrected chi connectivity index (χ0v) is 15.1. The van der Waals surface area contributed by atoms with E-state index in [4.69, 9.17) is 11.6 Å². The van der Waals surface area contributed by atoms with E-state index in [1.165, 1.54) is 43.5 Å². The summed E-state index contributed by atoms with van der Waals surface area (Å²) in [6.07, 6.45) is 0. The van der Waals surface area contributed by atoms with E-state index in [0.717, 1.165) is 4.90 Å². The molecule has 1 N–H and O–H groups in total. The summed E-state index contributed by atoms with van der Waals surface area (Å²) in [7, 11) is 1.18. The van der Waals surface area contributed by atoms with Gasteiger partial charge in [-0.25, -0.2) is 9.69 Å². The number of benzene rings is 2. The number of carbonyl (C=O) groups is 4. The standard InChI is InChI=1S/C19H13ClN2O6/c1-28-19(27)12-7-2-3-8-13(12)22-16(23)14(20)15(17(22)24)21-11-6-4-5-10(9-11)18(25)26/h2-9,21H,1H3,(H,25,26)/p-1. The molecule has 1 aliphatic rings. The Kier molecular flexibility index (Phi) is 5.14. The highest BCUT2D eigenvalue weighted by Gasteiger charge is 2.40. The molecule has 142 valence electrons. The van der Waals surface area contributed by atoms with Gasteiger partial charge >= 0.3 is 5.97 Å². The number of esters is 1. The maximum absolute atomic E-state index is 12.8. The van der Waals surface area contributed by atoms with E-state index in [2.05, 4.69) is 10.1 Å². The molecule has 2 aromatic rings. The first-order chi connectivity index (χ1) is 13.3. The fourth-order valence-corrected chi connectivity index (χ4v) is 2.86. The summed E-state index contributed by atoms with van der Waals surface area (Å²) in [5.41, 5.74) is -0.119. The molecule has 8 nitrogen and oxygen atoms in total. The van der Waals surface area contributed by atoms with Crippen LogP contribution in [0.4, 0.5) is 11.4 Å². The quantitative estimate of drug-likeness (QED) is 0.594. The highest BCUT2D eigenvalue weighted by Crippen LogP contribution is 2.32. The smallest absolute Gasteiger partial charge is 0.339 e. The van der Waals surface area contributed by atoms with Gasteiger partial charge in [0.15, 0.2) is 0 Å². The topological polar surface area (TPSA) is 116 Å². The summed E-state index contributed by atoms with van der Waals surface area (Å²) in [6.45, 7) is 0. The zero-order chi connectivity index (χ0) is 20.4. The molecule has 0 unspecified atom stereocenters. The van der Waals surface area contributed by atoms with Crippen molar-refractivity contribution in [2.24, 2.45) is 0 Å². The van der Waals surface area contributed by atoms with E-state index in [1.807, 2.05) is 0 Å². The second-order valence-corrected chi connectivity index (χ2v) is 6.01. The Labute approximate surface area is 164 Å². The minimum Gasteiger partial charge on any atom is -0.545 e. The molecule has 0 spiro atoms. The molecule has 28 heavy (non-hydrogen) atoms. The Bertz CT molecular complexity index is 1050. The number of nitrogens with one attached hydrogen (secondary N) is 1. The number of anilines is 2. The normalized spacial score (nSPS) is 13.7. The number of carbonyl (C=O) groups excluding carboxylic acids is 4. The zero-order valence-electron chi connectivity index (χ0n) is 14.4. The Morgan fingerprint density at radius 3 is 2.46 bits per heavy atom. The Morgan fingerprint density at radius 2 is 1.79 bits per heavy atom. The molecule has 9 heteroatoms. The number of aromatic carboxylic acids is 1. The van der Waals surface area contributed by atoms with Crippen LogP contribution in [-0.4, -0.2) is 30.9 Å². The van der Waals surface area contributed by atoms with Crippen LogP contribution in [-0.2, 0) is 14.3 Å². The molecule has 0 aromatic heterocycles. The lowest BCUT2D eigenvalue weighted by molar-refractivity contribution is -0.255. The van der Waals surface area contributed by atoms with Crippen LogP contribution in [0.2, 0.25) is 0 Å². The number of halogens is 1. The van der Waals surface area contributed by atoms with Crippen LogP contribution < -0.4 is 15.3 Å². The van der Waals surface area contributed by atoms with Crippen molar-refractivity contribution in [1.82, 2.24) is 0 Å². The minimum atomic E-state index is -1.40. The van der Waals surface area contributed by atoms with Crippen molar-refractivity contribution in [1.29, 1.82) is 0 Å². The van der Waals surface area contributed by atoms with Gasteiger partial charge in [-0.3, -0.25) is 9.59 Å². The van der Waals surface area contributed by atoms with Crippen molar-refractivity contribution in [2.75, 3.05) is 17.3 Å². The number of hydrogen-bond acceptors (Lipinski definition) is 7. The Hall–Kier alpha value is -3.65. The van der Waals surface area contributed by atoms with Gasteiger partial charge in [0, 0.05) is 5.69 Å². The number of ether oxygens (including phenoxy) is 1. The Balaban J connectivity index is 1.97. The summed E-state index contributed by atoms with van der Waals surface area (Å²) >= 11 is 6.05. The van der Waals surface area contributed by atoms with Crippen molar-refractivity contribution in [3.05, 3.63) is 70.4 Å². The first kappa shape index (κ1) is 19.1. The van der Waals surface area contributed by atoms with E-state index in [0.29, 0.717) is 0 Å². The maximum atomic E-state index is 12.8. The number of carboxylic acid groups (broad SMARTS) is 1. The van der Waals surface area contributed by atoms with Gasteiger partial charge in [-0.1, -0.05) is 35.9 Å². The van der Waals surface area contributed by atoms with Gasteiger partial charge in [0.1, 0.15) is 10.7 Å². The highest BCUT2D eigenvalue weighted by atomic mass is 35.5. The van der Waals surface area contributed by atoms with Crippen LogP contribution in [0, 0.1) is 0 Å². The monoisotopic (exact) mass is 399 g/mol. The van der Waals surface area contributed by atoms with Crippen LogP contribution in [0.3, 0.4) is 0 Å². The van der Waals surface area contributed by atoms with Crippen LogP contribution in [0.15, 0.2) is 59.3 Å². The fraction of sp³-hybridized carbons (Fsp3) is 0.0526. The molecule has 0 saturated heterocycles. The van der Waals surface area contributed by atoms with Gasteiger partial charge in [-0.15, -0.1) is 0 Å². The molecule has 1 heterocycles. The van der Waals surface area contributed by atoms with Crippen molar-refractivity contribution in [3.63, 3.8) is 0 Å². The number of nitrogens with zero attached hydrogens (tertiary/aromatic N) is 1. The average molecular weight is 400 g/mol. The van der Waals surface area contributed by atoms with Gasteiger partial charge in [-0.05, 0) is 29.8 Å². The number of para-hydroxylation sites is 1. The van der Waals surface area contributed by atoms with Crippen LogP contribution in [0.5, 0.6) is 0 Å². The van der Waals surface area contributed by atoms with E-state index in [9.17, 15) is 24.3 Å². The third-order valence-electron chi connectivity index (χ3n) is 3.95. The van der Waals surface area contributed by atoms with E-state index in [1.54, 1.807) is 12.1 Å². The van der Waals surface area contributed by atoms with Crippen LogP contribution in [0.1, 0.15) is 20.7 Å². The molecule has 2 aromatic carbocycles. The second kappa shape index (κ2) is 7.53. The summed E-state index contributed by atoms with van der Waals surface area (Å²) in [5.74, 6) is -3.76. The first-order valence-corrected chi connectivity index (χ1v) is 8.27. The Morgan fingerprint density at radius 1 is 1.07 bits per heavy atom. The van der Waals surface area contributed by atoms with Crippen molar-refractivity contribution in [2.45, 2.75) is 0 Å². The average Bonchev–Trinajstić information content (AvgIpc) is 2.91. The molecule has 3 rings (SSSR count). The number of hydrogen-bond donors (Lipinski definition) is 1. The van der Waals surface area contributed by atoms with Gasteiger partial charge in [0.25, 0.3) is 11.8 Å². The molecule has 1 aliphatic heterocycles. The van der Waals surface area contributed by atoms with Gasteiger partial charge in [0.05, 0.1) is 24.3 Å². The number of methoxy groups -OCH3 is 1. The fourth-order valence-electron chi connectivity index (χ4n) is 2.65. The number of rotatable bonds is 5. The number of amides is 2. The molecule has 0 aliphatic carbocycles. The van der Waals surface area contributed by atoms with Crippen molar-refractivity contribution in [3.8, 4) is 0 Å². The van der Waals surface area contributed by atoms with Crippen molar-refractivity contribution < 1.29 is 29.0 Å². The lowest BCUT2D eigenvalue weighted by atomic mass is 10.1. The lowest BCUT2D eigenvalue weighted by Gasteiger charge is -2.18. The molecule has 0 atom stereocenters. The first-order valence-electron chi connectivity index (χ1n) is 7.89. The minimum absolute atomic E-state index is 0.0105. The molecular formula is C19H12ClN2O6-. The molecular weight excluding hydrogens is 388 g/mol. The van der Waals surface area contributed by atoms with E-state index >= 15 is 0 Å². The summed E-state index contributed by atoms with van der Waals surface area (Å²) in [5, 5.41) is 13.2.